The summed E-state index contributed by atoms with van der Waals surface area (Å²) in [4.78, 5) is 3.90. The molecule has 1 unspecified atom stereocenters. The minimum Gasteiger partial charge on any atom is -0.372 e. The molecule has 1 aliphatic rings. The van der Waals surface area contributed by atoms with Crippen molar-refractivity contribution < 1.29 is 16.8 Å². The van der Waals surface area contributed by atoms with Crippen LogP contribution in [0.5, 0.6) is 0 Å². The smallest absolute Gasteiger partial charge is 0.244 e. The molecule has 2 heterocycles. The molecule has 1 fully saturated rings. The zero-order chi connectivity index (χ0) is 15.8. The van der Waals surface area contributed by atoms with Crippen LogP contribution in [0, 0.1) is 0 Å². The summed E-state index contributed by atoms with van der Waals surface area (Å²) in [5.74, 6) is 0.0267. The molecule has 2 rings (SSSR count). The van der Waals surface area contributed by atoms with Gasteiger partial charge in [-0.05, 0) is 13.0 Å². The molecule has 7 nitrogen and oxygen atoms in total. The highest BCUT2D eigenvalue weighted by Gasteiger charge is 2.36. The zero-order valence-electron chi connectivity index (χ0n) is 11.6. The zero-order valence-corrected chi connectivity index (χ0v) is 14.0. The summed E-state index contributed by atoms with van der Waals surface area (Å²) < 4.78 is 49.4. The Morgan fingerprint density at radius 3 is 2.67 bits per heavy atom. The van der Waals surface area contributed by atoms with E-state index in [1.165, 1.54) is 16.6 Å². The molecule has 1 aliphatic heterocycles. The highest BCUT2D eigenvalue weighted by Crippen LogP contribution is 2.26. The molecule has 1 atom stereocenters. The van der Waals surface area contributed by atoms with Gasteiger partial charge in [0.25, 0.3) is 0 Å². The number of nitrogens with one attached hydrogen (secondary N) is 1. The van der Waals surface area contributed by atoms with E-state index < -0.39 is 25.9 Å². The Bertz CT molecular complexity index is 749. The molecule has 0 amide bonds. The van der Waals surface area contributed by atoms with Crippen LogP contribution < -0.4 is 5.32 Å². The minimum absolute atomic E-state index is 0.0438. The predicted octanol–water partition coefficient (Wildman–Crippen LogP) is 0.584. The number of rotatable bonds is 3. The van der Waals surface area contributed by atoms with Crippen LogP contribution in [0.25, 0.3) is 0 Å². The van der Waals surface area contributed by atoms with E-state index in [9.17, 15) is 16.8 Å². The molecule has 1 saturated heterocycles. The Kier molecular flexibility index (Phi) is 4.48. The van der Waals surface area contributed by atoms with Gasteiger partial charge in [-0.25, -0.2) is 21.8 Å². The Labute approximate surface area is 129 Å². The van der Waals surface area contributed by atoms with Crippen LogP contribution >= 0.6 is 11.6 Å². The van der Waals surface area contributed by atoms with Gasteiger partial charge in [0.05, 0.1) is 16.5 Å². The number of hydrogen-bond acceptors (Lipinski definition) is 6. The highest BCUT2D eigenvalue weighted by atomic mass is 35.5. The molecule has 0 spiro atoms. The van der Waals surface area contributed by atoms with E-state index in [0.717, 1.165) is 0 Å². The number of anilines is 1. The second-order valence-corrected chi connectivity index (χ2v) is 9.36. The lowest BCUT2D eigenvalue weighted by molar-refractivity contribution is 0.356. The van der Waals surface area contributed by atoms with Crippen molar-refractivity contribution in [3.63, 3.8) is 0 Å². The fourth-order valence-corrected chi connectivity index (χ4v) is 5.92. The normalized spacial score (nSPS) is 22.9. The molecule has 0 aromatic carbocycles. The third-order valence-electron chi connectivity index (χ3n) is 3.27. The summed E-state index contributed by atoms with van der Waals surface area (Å²) in [7, 11) is -5.37. The van der Waals surface area contributed by atoms with Gasteiger partial charge in [-0.1, -0.05) is 11.6 Å². The number of nitrogens with zero attached hydrogens (tertiary/aromatic N) is 2. The topological polar surface area (TPSA) is 96.4 Å². The van der Waals surface area contributed by atoms with E-state index in [1.807, 2.05) is 0 Å². The van der Waals surface area contributed by atoms with Gasteiger partial charge in [-0.2, -0.15) is 4.31 Å². The minimum atomic E-state index is -3.81. The molecule has 21 heavy (non-hydrogen) atoms. The van der Waals surface area contributed by atoms with Gasteiger partial charge in [-0.15, -0.1) is 0 Å². The van der Waals surface area contributed by atoms with E-state index in [-0.39, 0.29) is 28.0 Å². The van der Waals surface area contributed by atoms with Crippen molar-refractivity contribution in [2.75, 3.05) is 30.4 Å². The molecule has 0 aliphatic carbocycles. The Morgan fingerprint density at radius 1 is 1.48 bits per heavy atom. The first-order chi connectivity index (χ1) is 9.67. The Morgan fingerprint density at radius 2 is 2.14 bits per heavy atom. The lowest BCUT2D eigenvalue weighted by atomic mass is 10.4. The third-order valence-corrected chi connectivity index (χ3v) is 7.33. The van der Waals surface area contributed by atoms with Crippen molar-refractivity contribution in [2.24, 2.45) is 0 Å². The number of hydrogen-bond donors (Lipinski definition) is 1. The van der Waals surface area contributed by atoms with Gasteiger partial charge in [-0.3, -0.25) is 0 Å². The van der Waals surface area contributed by atoms with Crippen molar-refractivity contribution in [1.82, 2.24) is 9.29 Å². The van der Waals surface area contributed by atoms with Crippen LogP contribution in [-0.2, 0) is 19.9 Å². The van der Waals surface area contributed by atoms with E-state index in [0.29, 0.717) is 5.82 Å². The number of sulfone groups is 1. The van der Waals surface area contributed by atoms with E-state index in [4.69, 9.17) is 11.6 Å². The van der Waals surface area contributed by atoms with Crippen LogP contribution in [0.3, 0.4) is 0 Å². The largest absolute Gasteiger partial charge is 0.372 e. The SMILES string of the molecule is CNc1ncc(S(=O)(=O)N2CCS(=O)(=O)CC2C)cc1Cl. The van der Waals surface area contributed by atoms with Crippen molar-refractivity contribution >= 4 is 37.3 Å². The fraction of sp³-hybridized carbons (Fsp3) is 0.545. The average Bonchev–Trinajstić information content (AvgIpc) is 2.36. The molecule has 10 heteroatoms. The van der Waals surface area contributed by atoms with Crippen LogP contribution in [0.2, 0.25) is 5.02 Å². The summed E-state index contributed by atoms with van der Waals surface area (Å²) in [6.45, 7) is 1.52. The number of sulfonamides is 1. The maximum atomic E-state index is 12.6. The van der Waals surface area contributed by atoms with Crippen molar-refractivity contribution in [3.05, 3.63) is 17.3 Å². The molecular formula is C11H16ClN3O4S2. The Hall–Kier alpha value is -0.900. The molecule has 1 aromatic rings. The van der Waals surface area contributed by atoms with Crippen molar-refractivity contribution in [1.29, 1.82) is 0 Å². The average molecular weight is 354 g/mol. The first-order valence-electron chi connectivity index (χ1n) is 6.23. The van der Waals surface area contributed by atoms with Crippen LogP contribution in [0.4, 0.5) is 5.82 Å². The van der Waals surface area contributed by atoms with Gasteiger partial charge in [0.1, 0.15) is 10.7 Å². The van der Waals surface area contributed by atoms with Gasteiger partial charge < -0.3 is 5.32 Å². The quantitative estimate of drug-likeness (QED) is 0.854. The summed E-state index contributed by atoms with van der Waals surface area (Å²) in [6.07, 6.45) is 1.21. The maximum absolute atomic E-state index is 12.6. The molecule has 1 aromatic heterocycles. The Balaban J connectivity index is 2.36. The maximum Gasteiger partial charge on any atom is 0.244 e. The molecule has 0 bridgehead atoms. The first-order valence-corrected chi connectivity index (χ1v) is 9.87. The monoisotopic (exact) mass is 353 g/mol. The highest BCUT2D eigenvalue weighted by molar-refractivity contribution is 7.92. The summed E-state index contributed by atoms with van der Waals surface area (Å²) in [5, 5.41) is 2.93. The lowest BCUT2D eigenvalue weighted by Gasteiger charge is -2.32. The molecule has 0 radical (unpaired) electrons. The summed E-state index contributed by atoms with van der Waals surface area (Å²) in [6, 6.07) is 0.697. The first kappa shape index (κ1) is 16.5. The lowest BCUT2D eigenvalue weighted by Crippen LogP contribution is -2.49. The van der Waals surface area contributed by atoms with E-state index in [1.54, 1.807) is 14.0 Å². The van der Waals surface area contributed by atoms with Crippen LogP contribution in [0.1, 0.15) is 6.92 Å². The van der Waals surface area contributed by atoms with Crippen LogP contribution in [0.15, 0.2) is 17.2 Å². The number of pyridine rings is 1. The van der Waals surface area contributed by atoms with Gasteiger partial charge in [0.15, 0.2) is 9.84 Å². The fourth-order valence-electron chi connectivity index (χ4n) is 2.22. The van der Waals surface area contributed by atoms with Crippen LogP contribution in [-0.4, -0.2) is 57.3 Å². The predicted molar refractivity (Wildman–Crippen MR) is 80.8 cm³/mol. The number of halogens is 1. The standard InChI is InChI=1S/C11H16ClN3O4S2/c1-8-7-20(16,17)4-3-15(8)21(18,19)9-5-10(12)11(13-2)14-6-9/h5-6,8H,3-4,7H2,1-2H3,(H,13,14). The summed E-state index contributed by atoms with van der Waals surface area (Å²) >= 11 is 5.95. The van der Waals surface area contributed by atoms with Gasteiger partial charge in [0.2, 0.25) is 10.0 Å². The van der Waals surface area contributed by atoms with Crippen molar-refractivity contribution in [2.45, 2.75) is 17.9 Å². The third kappa shape index (κ3) is 3.31. The van der Waals surface area contributed by atoms with E-state index >= 15 is 0 Å². The molecule has 0 saturated carbocycles. The van der Waals surface area contributed by atoms with Gasteiger partial charge in [0, 0.05) is 25.8 Å². The second-order valence-electron chi connectivity index (χ2n) is 4.83. The summed E-state index contributed by atoms with van der Waals surface area (Å²) in [5.41, 5.74) is 0. The number of aromatic nitrogens is 1. The van der Waals surface area contributed by atoms with E-state index in [2.05, 4.69) is 10.3 Å². The second kappa shape index (κ2) is 5.71. The van der Waals surface area contributed by atoms with Crippen molar-refractivity contribution in [3.8, 4) is 0 Å². The molecular weight excluding hydrogens is 338 g/mol. The molecule has 1 N–H and O–H groups in total. The molecule has 118 valence electrons. The van der Waals surface area contributed by atoms with Gasteiger partial charge >= 0.3 is 0 Å².